The van der Waals surface area contributed by atoms with E-state index >= 15 is 0 Å². The minimum Gasteiger partial charge on any atom is -0.497 e. The molecule has 206 valence electrons. The summed E-state index contributed by atoms with van der Waals surface area (Å²) in [6, 6.07) is 15.5. The van der Waals surface area contributed by atoms with E-state index < -0.39 is 29.3 Å². The van der Waals surface area contributed by atoms with Crippen LogP contribution in [0.3, 0.4) is 0 Å². The fourth-order valence-electron chi connectivity index (χ4n) is 5.72. The summed E-state index contributed by atoms with van der Waals surface area (Å²) in [7, 11) is 1.61. The molecule has 2 heterocycles. The summed E-state index contributed by atoms with van der Waals surface area (Å²) >= 11 is 0. The predicted molar refractivity (Wildman–Crippen MR) is 148 cm³/mol. The molecule has 0 saturated carbocycles. The molecule has 0 unspecified atom stereocenters. The van der Waals surface area contributed by atoms with Gasteiger partial charge in [-0.05, 0) is 93.1 Å². The molecule has 0 spiro atoms. The Morgan fingerprint density at radius 1 is 1.08 bits per heavy atom. The number of aliphatic hydroxyl groups is 1. The zero-order valence-corrected chi connectivity index (χ0v) is 23.0. The van der Waals surface area contributed by atoms with Crippen LogP contribution in [0.1, 0.15) is 73.9 Å². The number of aryl methyl sites for hydroxylation is 1. The lowest BCUT2D eigenvalue weighted by Gasteiger charge is -2.25. The average Bonchev–Trinajstić information content (AvgIpc) is 3.48. The first-order chi connectivity index (χ1) is 18.6. The quantitative estimate of drug-likeness (QED) is 0.340. The molecular weight excluding hydrogens is 496 g/mol. The van der Waals surface area contributed by atoms with Gasteiger partial charge in [0.2, 0.25) is 6.79 Å². The summed E-state index contributed by atoms with van der Waals surface area (Å²) in [4.78, 5) is 18.1. The molecule has 39 heavy (non-hydrogen) atoms. The molecule has 0 fully saturated rings. The highest BCUT2D eigenvalue weighted by Crippen LogP contribution is 2.54. The molecule has 3 aromatic rings. The Labute approximate surface area is 229 Å². The van der Waals surface area contributed by atoms with Crippen LogP contribution in [0.25, 0.3) is 0 Å². The summed E-state index contributed by atoms with van der Waals surface area (Å²) in [5.41, 5.74) is 3.41. The predicted octanol–water partition coefficient (Wildman–Crippen LogP) is 5.32. The maximum atomic E-state index is 13.1. The third kappa shape index (κ3) is 5.39. The minimum absolute atomic E-state index is 0.146. The maximum Gasteiger partial charge on any atom is 0.308 e. The SMILES string of the molecule is COc1ccc([C@@H]2c3nc(NC(C)C)ccc3[C@H](c3ccc4c(c3)OCO4)[C@H]2C(=O)O)c(CCC(C)(C)O)c1. The van der Waals surface area contributed by atoms with Gasteiger partial charge in [-0.25, -0.2) is 4.98 Å². The Morgan fingerprint density at radius 3 is 2.51 bits per heavy atom. The normalized spacial score (nSPS) is 19.7. The van der Waals surface area contributed by atoms with E-state index in [1.807, 2.05) is 62.4 Å². The number of ether oxygens (including phenoxy) is 3. The van der Waals surface area contributed by atoms with E-state index in [9.17, 15) is 15.0 Å². The number of hydrogen-bond acceptors (Lipinski definition) is 7. The van der Waals surface area contributed by atoms with E-state index in [1.54, 1.807) is 21.0 Å². The standard InChI is InChI=1S/C31H36N2O6/c1-17(2)32-25-11-9-22-26(19-6-10-23-24(15-19)39-16-38-23)28(30(34)35)27(29(22)33-25)21-8-7-20(37-5)14-18(21)12-13-31(3,4)36/h6-11,14-15,17,26-28,36H,12-13,16H2,1-5H3,(H,32,33)(H,34,35)/t26-,27-,28+/m0/s1. The van der Waals surface area contributed by atoms with Crippen LogP contribution in [0.4, 0.5) is 5.82 Å². The number of hydrogen-bond donors (Lipinski definition) is 3. The van der Waals surface area contributed by atoms with Gasteiger partial charge in [-0.1, -0.05) is 18.2 Å². The van der Waals surface area contributed by atoms with Crippen molar-refractivity contribution in [1.82, 2.24) is 4.98 Å². The molecule has 0 radical (unpaired) electrons. The van der Waals surface area contributed by atoms with Crippen molar-refractivity contribution in [3.63, 3.8) is 0 Å². The van der Waals surface area contributed by atoms with E-state index in [0.717, 1.165) is 27.9 Å². The number of anilines is 1. The van der Waals surface area contributed by atoms with Crippen molar-refractivity contribution >= 4 is 11.8 Å². The molecule has 3 atom stereocenters. The Bertz CT molecular complexity index is 1380. The third-order valence-corrected chi connectivity index (χ3v) is 7.47. The fraction of sp³-hybridized carbons (Fsp3) is 0.419. The van der Waals surface area contributed by atoms with Gasteiger partial charge in [0, 0.05) is 17.9 Å². The summed E-state index contributed by atoms with van der Waals surface area (Å²) in [5, 5.41) is 24.6. The molecule has 2 aromatic carbocycles. The smallest absolute Gasteiger partial charge is 0.308 e. The number of pyridine rings is 1. The lowest BCUT2D eigenvalue weighted by Crippen LogP contribution is -2.25. The van der Waals surface area contributed by atoms with Gasteiger partial charge in [0.1, 0.15) is 11.6 Å². The number of nitrogens with zero attached hydrogens (tertiary/aromatic N) is 1. The summed E-state index contributed by atoms with van der Waals surface area (Å²) < 4.78 is 16.6. The van der Waals surface area contributed by atoms with Gasteiger partial charge in [0.15, 0.2) is 11.5 Å². The first kappa shape index (κ1) is 26.8. The number of benzene rings is 2. The molecule has 0 bridgehead atoms. The number of rotatable bonds is 9. The van der Waals surface area contributed by atoms with Gasteiger partial charge in [-0.3, -0.25) is 4.79 Å². The van der Waals surface area contributed by atoms with E-state index in [1.165, 1.54) is 0 Å². The van der Waals surface area contributed by atoms with Crippen LogP contribution in [0.15, 0.2) is 48.5 Å². The van der Waals surface area contributed by atoms with Crippen molar-refractivity contribution in [3.05, 3.63) is 76.5 Å². The van der Waals surface area contributed by atoms with Crippen LogP contribution in [0, 0.1) is 5.92 Å². The minimum atomic E-state index is -0.900. The van der Waals surface area contributed by atoms with Gasteiger partial charge in [0.25, 0.3) is 0 Å². The highest BCUT2D eigenvalue weighted by Gasteiger charge is 2.48. The van der Waals surface area contributed by atoms with E-state index in [4.69, 9.17) is 19.2 Å². The first-order valence-electron chi connectivity index (χ1n) is 13.3. The molecule has 8 nitrogen and oxygen atoms in total. The molecule has 1 aliphatic carbocycles. The Hall–Kier alpha value is -3.78. The number of aliphatic carboxylic acids is 1. The van der Waals surface area contributed by atoms with Crippen LogP contribution < -0.4 is 19.5 Å². The van der Waals surface area contributed by atoms with Crippen molar-refractivity contribution in [1.29, 1.82) is 0 Å². The Kier molecular flexibility index (Phi) is 7.16. The molecular formula is C31H36N2O6. The van der Waals surface area contributed by atoms with E-state index in [0.29, 0.717) is 35.9 Å². The number of carboxylic acid groups (broad SMARTS) is 1. The maximum absolute atomic E-state index is 13.1. The summed E-state index contributed by atoms with van der Waals surface area (Å²) in [6.07, 6.45) is 1.07. The summed E-state index contributed by atoms with van der Waals surface area (Å²) in [5.74, 6) is -0.00549. The molecule has 2 aliphatic rings. The third-order valence-electron chi connectivity index (χ3n) is 7.47. The van der Waals surface area contributed by atoms with Crippen LogP contribution >= 0.6 is 0 Å². The largest absolute Gasteiger partial charge is 0.497 e. The Balaban J connectivity index is 1.69. The molecule has 1 aromatic heterocycles. The highest BCUT2D eigenvalue weighted by molar-refractivity contribution is 5.78. The van der Waals surface area contributed by atoms with Crippen LogP contribution in [0.2, 0.25) is 0 Å². The zero-order valence-electron chi connectivity index (χ0n) is 23.0. The van der Waals surface area contributed by atoms with Gasteiger partial charge in [0.05, 0.1) is 24.3 Å². The monoisotopic (exact) mass is 532 g/mol. The lowest BCUT2D eigenvalue weighted by molar-refractivity contribution is -0.142. The molecule has 3 N–H and O–H groups in total. The van der Waals surface area contributed by atoms with Crippen molar-refractivity contribution in [2.45, 2.75) is 64.0 Å². The second-order valence-corrected chi connectivity index (χ2v) is 11.3. The second-order valence-electron chi connectivity index (χ2n) is 11.3. The number of carboxylic acids is 1. The molecule has 1 aliphatic heterocycles. The van der Waals surface area contributed by atoms with Gasteiger partial charge < -0.3 is 29.7 Å². The molecule has 5 rings (SSSR count). The van der Waals surface area contributed by atoms with Crippen LogP contribution in [0.5, 0.6) is 17.2 Å². The van der Waals surface area contributed by atoms with Gasteiger partial charge in [-0.15, -0.1) is 0 Å². The number of nitrogens with one attached hydrogen (secondary N) is 1. The van der Waals surface area contributed by atoms with Crippen LogP contribution in [-0.4, -0.2) is 46.7 Å². The molecule has 0 saturated heterocycles. The zero-order chi connectivity index (χ0) is 27.9. The topological polar surface area (TPSA) is 110 Å². The van der Waals surface area contributed by atoms with Crippen LogP contribution in [-0.2, 0) is 11.2 Å². The van der Waals surface area contributed by atoms with Gasteiger partial charge >= 0.3 is 5.97 Å². The second kappa shape index (κ2) is 10.4. The first-order valence-corrected chi connectivity index (χ1v) is 13.3. The highest BCUT2D eigenvalue weighted by atomic mass is 16.7. The fourth-order valence-corrected chi connectivity index (χ4v) is 5.72. The molecule has 8 heteroatoms. The van der Waals surface area contributed by atoms with Crippen molar-refractivity contribution in [3.8, 4) is 17.2 Å². The van der Waals surface area contributed by atoms with E-state index in [-0.39, 0.29) is 12.8 Å². The Morgan fingerprint density at radius 2 is 1.82 bits per heavy atom. The lowest BCUT2D eigenvalue weighted by atomic mass is 9.78. The van der Waals surface area contributed by atoms with Crippen molar-refractivity contribution in [2.24, 2.45) is 5.92 Å². The average molecular weight is 533 g/mol. The number of carbonyl (C=O) groups is 1. The number of fused-ring (bicyclic) bond motifs is 2. The molecule has 0 amide bonds. The number of aromatic nitrogens is 1. The number of methoxy groups -OCH3 is 1. The van der Waals surface area contributed by atoms with Gasteiger partial charge in [-0.2, -0.15) is 0 Å². The van der Waals surface area contributed by atoms with Crippen molar-refractivity contribution < 1.29 is 29.2 Å². The summed E-state index contributed by atoms with van der Waals surface area (Å²) in [6.45, 7) is 7.78. The van der Waals surface area contributed by atoms with E-state index in [2.05, 4.69) is 5.32 Å². The van der Waals surface area contributed by atoms with Crippen molar-refractivity contribution in [2.75, 3.05) is 19.2 Å².